The third kappa shape index (κ3) is 6.14. The second kappa shape index (κ2) is 9.37. The molecule has 0 aromatic heterocycles. The highest BCUT2D eigenvalue weighted by Gasteiger charge is 2.47. The summed E-state index contributed by atoms with van der Waals surface area (Å²) in [5.41, 5.74) is -1.52. The first kappa shape index (κ1) is 19.4. The molecule has 0 rings (SSSR count). The minimum Gasteiger partial charge on any atom is -0.481 e. The number of ether oxygens (including phenoxy) is 1. The van der Waals surface area contributed by atoms with Crippen LogP contribution in [-0.4, -0.2) is 35.2 Å². The van der Waals surface area contributed by atoms with Gasteiger partial charge >= 0.3 is 17.9 Å². The van der Waals surface area contributed by atoms with Crippen LogP contribution in [0.1, 0.15) is 58.8 Å². The molecule has 0 fully saturated rings. The van der Waals surface area contributed by atoms with Crippen LogP contribution in [0.25, 0.3) is 0 Å². The number of esters is 1. The van der Waals surface area contributed by atoms with E-state index in [2.05, 4.69) is 4.74 Å². The zero-order chi connectivity index (χ0) is 16.5. The monoisotopic (exact) mass is 302 g/mol. The zero-order valence-corrected chi connectivity index (χ0v) is 13.1. The lowest BCUT2D eigenvalue weighted by Gasteiger charge is -2.28. The van der Waals surface area contributed by atoms with Crippen molar-refractivity contribution in [2.75, 3.05) is 7.11 Å². The molecule has 0 spiro atoms. The summed E-state index contributed by atoms with van der Waals surface area (Å²) < 4.78 is 4.60. The predicted octanol–water partition coefficient (Wildman–Crippen LogP) is 2.70. The molecular formula is C15H26O6. The van der Waals surface area contributed by atoms with Gasteiger partial charge < -0.3 is 14.9 Å². The Morgan fingerprint density at radius 1 is 1.05 bits per heavy atom. The molecule has 0 saturated heterocycles. The van der Waals surface area contributed by atoms with E-state index < -0.39 is 23.3 Å². The van der Waals surface area contributed by atoms with Gasteiger partial charge in [-0.1, -0.05) is 32.6 Å². The lowest BCUT2D eigenvalue weighted by Crippen LogP contribution is -2.43. The molecule has 2 N–H and O–H groups in total. The quantitative estimate of drug-likeness (QED) is 0.346. The van der Waals surface area contributed by atoms with Crippen molar-refractivity contribution in [3.8, 4) is 0 Å². The summed E-state index contributed by atoms with van der Waals surface area (Å²) >= 11 is 0. The van der Waals surface area contributed by atoms with Gasteiger partial charge in [0, 0.05) is 6.42 Å². The van der Waals surface area contributed by atoms with E-state index in [4.69, 9.17) is 5.11 Å². The minimum absolute atomic E-state index is 0.190. The number of methoxy groups -OCH3 is 1. The average molecular weight is 302 g/mol. The van der Waals surface area contributed by atoms with Crippen LogP contribution >= 0.6 is 0 Å². The third-order valence-electron chi connectivity index (χ3n) is 4.07. The molecule has 0 saturated carbocycles. The van der Waals surface area contributed by atoms with Crippen molar-refractivity contribution in [1.82, 2.24) is 0 Å². The maximum atomic E-state index is 11.7. The number of hydrogen-bond acceptors (Lipinski definition) is 4. The molecule has 2 atom stereocenters. The fourth-order valence-corrected chi connectivity index (χ4v) is 2.26. The van der Waals surface area contributed by atoms with Crippen molar-refractivity contribution >= 4 is 17.9 Å². The Kier molecular flexibility index (Phi) is 8.66. The van der Waals surface area contributed by atoms with Crippen molar-refractivity contribution in [2.24, 2.45) is 11.3 Å². The maximum absolute atomic E-state index is 11.7. The Labute approximate surface area is 125 Å². The molecule has 0 radical (unpaired) electrons. The fourth-order valence-electron chi connectivity index (χ4n) is 2.26. The van der Waals surface area contributed by atoms with Crippen molar-refractivity contribution in [3.05, 3.63) is 0 Å². The lowest BCUT2D eigenvalue weighted by molar-refractivity contribution is -0.169. The van der Waals surface area contributed by atoms with E-state index in [9.17, 15) is 19.5 Å². The van der Waals surface area contributed by atoms with Crippen LogP contribution in [0, 0.1) is 11.3 Å². The number of rotatable bonds is 11. The van der Waals surface area contributed by atoms with E-state index in [1.165, 1.54) is 14.0 Å². The van der Waals surface area contributed by atoms with Gasteiger partial charge in [0.2, 0.25) is 0 Å². The number of aliphatic carboxylic acids is 2. The molecule has 0 aromatic rings. The second-order valence-electron chi connectivity index (χ2n) is 5.60. The molecule has 6 heteroatoms. The van der Waals surface area contributed by atoms with E-state index in [0.29, 0.717) is 12.8 Å². The topological polar surface area (TPSA) is 101 Å². The largest absolute Gasteiger partial charge is 0.481 e. The Hall–Kier alpha value is -1.59. The molecule has 0 aliphatic rings. The SMILES string of the molecule is COC(=O)C(C)(C(=O)O)C(C)CCCCCCCC(=O)O. The minimum atomic E-state index is -1.52. The molecule has 122 valence electrons. The maximum Gasteiger partial charge on any atom is 0.323 e. The van der Waals surface area contributed by atoms with Gasteiger partial charge in [-0.3, -0.25) is 14.4 Å². The van der Waals surface area contributed by atoms with Crippen LogP contribution in [0.15, 0.2) is 0 Å². The first-order chi connectivity index (χ1) is 9.76. The molecule has 21 heavy (non-hydrogen) atoms. The van der Waals surface area contributed by atoms with Crippen LogP contribution in [0.4, 0.5) is 0 Å². The highest BCUT2D eigenvalue weighted by molar-refractivity contribution is 5.98. The summed E-state index contributed by atoms with van der Waals surface area (Å²) in [6.07, 6.45) is 4.97. The van der Waals surface area contributed by atoms with Gasteiger partial charge in [0.15, 0.2) is 5.41 Å². The van der Waals surface area contributed by atoms with Crippen LogP contribution in [-0.2, 0) is 19.1 Å². The number of carbonyl (C=O) groups is 3. The molecule has 0 aromatic carbocycles. The van der Waals surface area contributed by atoms with E-state index in [0.717, 1.165) is 25.7 Å². The number of carboxylic acids is 2. The second-order valence-corrected chi connectivity index (χ2v) is 5.60. The van der Waals surface area contributed by atoms with Gasteiger partial charge in [0.25, 0.3) is 0 Å². The normalized spacial score (nSPS) is 15.0. The van der Waals surface area contributed by atoms with Crippen molar-refractivity contribution < 1.29 is 29.3 Å². The van der Waals surface area contributed by atoms with Gasteiger partial charge in [-0.15, -0.1) is 0 Å². The summed E-state index contributed by atoms with van der Waals surface area (Å²) in [4.78, 5) is 33.4. The van der Waals surface area contributed by atoms with E-state index in [1.54, 1.807) is 6.92 Å². The number of carboxylic acid groups (broad SMARTS) is 2. The summed E-state index contributed by atoms with van der Waals surface area (Å²) in [7, 11) is 1.19. The molecule has 0 heterocycles. The Bertz CT molecular complexity index is 365. The summed E-state index contributed by atoms with van der Waals surface area (Å²) in [5.74, 6) is -2.98. The van der Waals surface area contributed by atoms with Crippen molar-refractivity contribution in [2.45, 2.75) is 58.8 Å². The van der Waals surface area contributed by atoms with Crippen LogP contribution in [0.3, 0.4) is 0 Å². The van der Waals surface area contributed by atoms with E-state index in [-0.39, 0.29) is 12.3 Å². The van der Waals surface area contributed by atoms with Gasteiger partial charge in [0.1, 0.15) is 0 Å². The molecular weight excluding hydrogens is 276 g/mol. The van der Waals surface area contributed by atoms with Gasteiger partial charge in [-0.05, 0) is 25.7 Å². The molecule has 0 amide bonds. The molecule has 0 bridgehead atoms. The Balaban J connectivity index is 4.11. The standard InChI is InChI=1S/C15H26O6/c1-11(15(2,13(18)19)14(20)21-3)9-7-5-4-6-8-10-12(16)17/h11H,4-10H2,1-3H3,(H,16,17)(H,18,19). The lowest BCUT2D eigenvalue weighted by atomic mass is 9.75. The van der Waals surface area contributed by atoms with E-state index >= 15 is 0 Å². The Morgan fingerprint density at radius 2 is 1.57 bits per heavy atom. The molecule has 0 aliphatic carbocycles. The smallest absolute Gasteiger partial charge is 0.323 e. The van der Waals surface area contributed by atoms with Crippen LogP contribution < -0.4 is 0 Å². The van der Waals surface area contributed by atoms with Crippen molar-refractivity contribution in [3.63, 3.8) is 0 Å². The fraction of sp³-hybridized carbons (Fsp3) is 0.800. The first-order valence-electron chi connectivity index (χ1n) is 7.30. The Morgan fingerprint density at radius 3 is 2.05 bits per heavy atom. The average Bonchev–Trinajstić information content (AvgIpc) is 2.43. The number of unbranched alkanes of at least 4 members (excludes halogenated alkanes) is 4. The predicted molar refractivity (Wildman–Crippen MR) is 76.9 cm³/mol. The van der Waals surface area contributed by atoms with Crippen LogP contribution in [0.2, 0.25) is 0 Å². The highest BCUT2D eigenvalue weighted by atomic mass is 16.5. The van der Waals surface area contributed by atoms with Gasteiger partial charge in [0.05, 0.1) is 7.11 Å². The summed E-state index contributed by atoms with van der Waals surface area (Å²) in [5, 5.41) is 17.8. The molecule has 0 aliphatic heterocycles. The zero-order valence-electron chi connectivity index (χ0n) is 13.1. The first-order valence-corrected chi connectivity index (χ1v) is 7.30. The van der Waals surface area contributed by atoms with E-state index in [1.807, 2.05) is 0 Å². The van der Waals surface area contributed by atoms with Crippen LogP contribution in [0.5, 0.6) is 0 Å². The van der Waals surface area contributed by atoms with Gasteiger partial charge in [-0.25, -0.2) is 0 Å². The highest BCUT2D eigenvalue weighted by Crippen LogP contribution is 2.33. The third-order valence-corrected chi connectivity index (χ3v) is 4.07. The number of hydrogen-bond donors (Lipinski definition) is 2. The van der Waals surface area contributed by atoms with Crippen molar-refractivity contribution in [1.29, 1.82) is 0 Å². The summed E-state index contributed by atoms with van der Waals surface area (Å²) in [6.45, 7) is 3.15. The molecule has 6 nitrogen and oxygen atoms in total. The summed E-state index contributed by atoms with van der Waals surface area (Å²) in [6, 6.07) is 0. The number of carbonyl (C=O) groups excluding carboxylic acids is 1. The molecule has 2 unspecified atom stereocenters. The van der Waals surface area contributed by atoms with Gasteiger partial charge in [-0.2, -0.15) is 0 Å².